The molecule has 4 heteroatoms. The topological polar surface area (TPSA) is 65.6 Å². The molecule has 0 unspecified atom stereocenters. The van der Waals surface area contributed by atoms with Crippen LogP contribution in [0, 0.1) is 16.7 Å². The van der Waals surface area contributed by atoms with Gasteiger partial charge in [-0.1, -0.05) is 20.8 Å². The zero-order valence-corrected chi connectivity index (χ0v) is 13.8. The largest absolute Gasteiger partial charge is 0.289 e. The van der Waals surface area contributed by atoms with Gasteiger partial charge in [0.15, 0.2) is 5.78 Å². The van der Waals surface area contributed by atoms with Crippen molar-refractivity contribution in [3.63, 3.8) is 0 Å². The average molecular weight is 305 g/mol. The molecule has 4 nitrogen and oxygen atoms in total. The molecule has 0 amide bonds. The molecule has 116 valence electrons. The van der Waals surface area contributed by atoms with E-state index in [1.54, 1.807) is 30.5 Å². The van der Waals surface area contributed by atoms with E-state index in [9.17, 15) is 4.79 Å². The van der Waals surface area contributed by atoms with E-state index >= 15 is 0 Å². The van der Waals surface area contributed by atoms with E-state index in [2.05, 4.69) is 16.3 Å². The Labute approximate surface area is 136 Å². The molecule has 0 fully saturated rings. The van der Waals surface area contributed by atoms with Crippen LogP contribution < -0.4 is 0 Å². The van der Waals surface area contributed by atoms with Gasteiger partial charge < -0.3 is 0 Å². The Hall–Kier alpha value is -2.80. The van der Waals surface area contributed by atoms with Gasteiger partial charge in [-0.05, 0) is 59.9 Å². The normalized spacial score (nSPS) is 17.2. The summed E-state index contributed by atoms with van der Waals surface area (Å²) in [5.41, 5.74) is 3.38. The molecule has 0 aromatic heterocycles. The standard InChI is InChI=1S/C19H19N3O/c1-13-9-15(10-17(18(13)23)19(2,3)4)12-21-22-16-7-5-14(11-20)6-8-16/h5-10,12H,1-4H3. The molecule has 0 aliphatic heterocycles. The van der Waals surface area contributed by atoms with E-state index in [0.717, 1.165) is 11.1 Å². The van der Waals surface area contributed by atoms with Gasteiger partial charge in [0.05, 0.1) is 23.5 Å². The van der Waals surface area contributed by atoms with E-state index in [1.807, 2.05) is 39.8 Å². The van der Waals surface area contributed by atoms with Crippen LogP contribution in [0.1, 0.15) is 33.3 Å². The fraction of sp³-hybridized carbons (Fsp3) is 0.263. The molecule has 1 aliphatic rings. The summed E-state index contributed by atoms with van der Waals surface area (Å²) < 4.78 is 0. The first kappa shape index (κ1) is 16.6. The van der Waals surface area contributed by atoms with E-state index in [-0.39, 0.29) is 11.2 Å². The zero-order valence-electron chi connectivity index (χ0n) is 13.8. The van der Waals surface area contributed by atoms with Gasteiger partial charge in [-0.15, -0.1) is 0 Å². The van der Waals surface area contributed by atoms with Gasteiger partial charge in [0, 0.05) is 5.57 Å². The van der Waals surface area contributed by atoms with Gasteiger partial charge in [0.1, 0.15) is 0 Å². The molecule has 0 bridgehead atoms. The van der Waals surface area contributed by atoms with Gasteiger partial charge in [-0.25, -0.2) is 0 Å². The third-order valence-corrected chi connectivity index (χ3v) is 3.48. The Balaban J connectivity index is 2.24. The van der Waals surface area contributed by atoms with Crippen LogP contribution in [0.25, 0.3) is 0 Å². The summed E-state index contributed by atoms with van der Waals surface area (Å²) in [5.74, 6) is 0.0821. The predicted molar refractivity (Wildman–Crippen MR) is 90.1 cm³/mol. The zero-order chi connectivity index (χ0) is 17.0. The summed E-state index contributed by atoms with van der Waals surface area (Å²) in [5, 5.41) is 16.9. The van der Waals surface area contributed by atoms with Gasteiger partial charge in [0.25, 0.3) is 0 Å². The maximum atomic E-state index is 12.2. The smallest absolute Gasteiger partial charge is 0.185 e. The van der Waals surface area contributed by atoms with Crippen molar-refractivity contribution < 1.29 is 4.79 Å². The lowest BCUT2D eigenvalue weighted by Gasteiger charge is -2.24. The Morgan fingerprint density at radius 3 is 2.35 bits per heavy atom. The monoisotopic (exact) mass is 305 g/mol. The molecule has 0 heterocycles. The van der Waals surface area contributed by atoms with E-state index in [1.165, 1.54) is 0 Å². The highest BCUT2D eigenvalue weighted by Crippen LogP contribution is 2.32. The molecular weight excluding hydrogens is 286 g/mol. The number of benzene rings is 1. The van der Waals surface area contributed by atoms with Crippen LogP contribution in [0.3, 0.4) is 0 Å². The number of nitrogens with zero attached hydrogens (tertiary/aromatic N) is 3. The van der Waals surface area contributed by atoms with Gasteiger partial charge in [0.2, 0.25) is 0 Å². The fourth-order valence-corrected chi connectivity index (χ4v) is 2.20. The molecule has 2 rings (SSSR count). The molecule has 23 heavy (non-hydrogen) atoms. The summed E-state index contributed by atoms with van der Waals surface area (Å²) in [6.07, 6.45) is 5.32. The maximum absolute atomic E-state index is 12.2. The third kappa shape index (κ3) is 4.10. The Bertz CT molecular complexity index is 779. The van der Waals surface area contributed by atoms with E-state index in [0.29, 0.717) is 16.8 Å². The molecule has 0 saturated carbocycles. The van der Waals surface area contributed by atoms with Gasteiger partial charge >= 0.3 is 0 Å². The van der Waals surface area contributed by atoms with Crippen LogP contribution in [-0.4, -0.2) is 5.78 Å². The molecule has 1 aromatic carbocycles. The fourth-order valence-electron chi connectivity index (χ4n) is 2.20. The minimum Gasteiger partial charge on any atom is -0.289 e. The van der Waals surface area contributed by atoms with Crippen molar-refractivity contribution in [2.24, 2.45) is 15.6 Å². The van der Waals surface area contributed by atoms with Gasteiger partial charge in [-0.2, -0.15) is 15.5 Å². The van der Waals surface area contributed by atoms with Crippen LogP contribution in [0.15, 0.2) is 69.6 Å². The molecule has 0 atom stereocenters. The number of nitriles is 1. The van der Waals surface area contributed by atoms with Crippen molar-refractivity contribution in [3.05, 3.63) is 64.9 Å². The minimum absolute atomic E-state index is 0.0821. The summed E-state index contributed by atoms with van der Waals surface area (Å²) in [6, 6.07) is 8.93. The number of carbonyl (C=O) groups is 1. The SMILES string of the molecule is CC1=CC(=CN=Nc2ccc(C#N)cc2)C=C(C(C)(C)C)C1=O. The molecular formula is C19H19N3O. The van der Waals surface area contributed by atoms with Crippen molar-refractivity contribution >= 4 is 11.5 Å². The molecule has 0 N–H and O–H groups in total. The first-order valence-corrected chi connectivity index (χ1v) is 7.37. The van der Waals surface area contributed by atoms with Crippen molar-refractivity contribution in [2.75, 3.05) is 0 Å². The summed E-state index contributed by atoms with van der Waals surface area (Å²) in [7, 11) is 0. The third-order valence-electron chi connectivity index (χ3n) is 3.48. The molecule has 1 aliphatic carbocycles. The molecule has 0 radical (unpaired) electrons. The Morgan fingerprint density at radius 1 is 1.13 bits per heavy atom. The number of hydrogen-bond donors (Lipinski definition) is 0. The first-order valence-electron chi connectivity index (χ1n) is 7.37. The minimum atomic E-state index is -0.212. The van der Waals surface area contributed by atoms with Crippen LogP contribution in [0.5, 0.6) is 0 Å². The van der Waals surface area contributed by atoms with E-state index in [4.69, 9.17) is 5.26 Å². The van der Waals surface area contributed by atoms with E-state index < -0.39 is 0 Å². The first-order chi connectivity index (χ1) is 10.8. The number of ketones is 1. The van der Waals surface area contributed by atoms with Crippen LogP contribution in [0.2, 0.25) is 0 Å². The Kier molecular flexibility index (Phi) is 4.71. The summed E-state index contributed by atoms with van der Waals surface area (Å²) in [6.45, 7) is 7.87. The highest BCUT2D eigenvalue weighted by molar-refractivity contribution is 6.10. The second kappa shape index (κ2) is 6.53. The number of allylic oxidation sites excluding steroid dienone is 5. The second-order valence-electron chi connectivity index (χ2n) is 6.47. The molecule has 0 saturated heterocycles. The van der Waals surface area contributed by atoms with Crippen LogP contribution in [-0.2, 0) is 4.79 Å². The lowest BCUT2D eigenvalue weighted by atomic mass is 9.78. The highest BCUT2D eigenvalue weighted by Gasteiger charge is 2.27. The number of Topliss-reactive ketones (excluding diaryl/α,β-unsaturated/α-hetero) is 1. The maximum Gasteiger partial charge on any atom is 0.185 e. The number of hydrogen-bond acceptors (Lipinski definition) is 4. The summed E-state index contributed by atoms with van der Waals surface area (Å²) in [4.78, 5) is 12.2. The Morgan fingerprint density at radius 2 is 1.78 bits per heavy atom. The van der Waals surface area contributed by atoms with Crippen molar-refractivity contribution in [1.82, 2.24) is 0 Å². The summed E-state index contributed by atoms with van der Waals surface area (Å²) >= 11 is 0. The van der Waals surface area contributed by atoms with Crippen molar-refractivity contribution in [3.8, 4) is 6.07 Å². The lowest BCUT2D eigenvalue weighted by molar-refractivity contribution is -0.113. The molecule has 1 aromatic rings. The number of rotatable bonds is 2. The lowest BCUT2D eigenvalue weighted by Crippen LogP contribution is -2.21. The number of carbonyl (C=O) groups excluding carboxylic acids is 1. The van der Waals surface area contributed by atoms with Crippen molar-refractivity contribution in [2.45, 2.75) is 27.7 Å². The number of azo groups is 1. The predicted octanol–water partition coefficient (Wildman–Crippen LogP) is 5.03. The van der Waals surface area contributed by atoms with Crippen LogP contribution in [0.4, 0.5) is 5.69 Å². The average Bonchev–Trinajstić information content (AvgIpc) is 2.50. The van der Waals surface area contributed by atoms with Gasteiger partial charge in [-0.3, -0.25) is 4.79 Å². The second-order valence-corrected chi connectivity index (χ2v) is 6.47. The quantitative estimate of drug-likeness (QED) is 0.719. The van der Waals surface area contributed by atoms with Crippen LogP contribution >= 0.6 is 0 Å². The molecule has 0 spiro atoms. The van der Waals surface area contributed by atoms with Crippen molar-refractivity contribution in [1.29, 1.82) is 5.26 Å². The highest BCUT2D eigenvalue weighted by atomic mass is 16.1.